The van der Waals surface area contributed by atoms with E-state index in [0.717, 1.165) is 23.8 Å². The fourth-order valence-electron chi connectivity index (χ4n) is 1.94. The fourth-order valence-corrected chi connectivity index (χ4v) is 2.82. The van der Waals surface area contributed by atoms with Crippen molar-refractivity contribution in [2.45, 2.75) is 39.3 Å². The Morgan fingerprint density at radius 3 is 3.00 bits per heavy atom. The third-order valence-electron chi connectivity index (χ3n) is 3.10. The van der Waals surface area contributed by atoms with Crippen LogP contribution >= 0.6 is 35.3 Å². The lowest BCUT2D eigenvalue weighted by Gasteiger charge is -2.31. The van der Waals surface area contributed by atoms with E-state index in [-0.39, 0.29) is 30.1 Å². The van der Waals surface area contributed by atoms with Gasteiger partial charge in [0.15, 0.2) is 5.96 Å². The monoisotopic (exact) mass is 410 g/mol. The van der Waals surface area contributed by atoms with Crippen molar-refractivity contribution >= 4 is 41.3 Å². The van der Waals surface area contributed by atoms with E-state index >= 15 is 0 Å². The van der Waals surface area contributed by atoms with Crippen molar-refractivity contribution in [2.75, 3.05) is 19.7 Å². The smallest absolute Gasteiger partial charge is 0.191 e. The number of aromatic nitrogens is 1. The van der Waals surface area contributed by atoms with Crippen LogP contribution in [0, 0.1) is 0 Å². The molecule has 114 valence electrons. The van der Waals surface area contributed by atoms with Crippen LogP contribution in [0.1, 0.15) is 37.4 Å². The Kier molecular flexibility index (Phi) is 7.18. The van der Waals surface area contributed by atoms with Crippen LogP contribution in [0.15, 0.2) is 10.4 Å². The molecule has 1 aliphatic rings. The lowest BCUT2D eigenvalue weighted by molar-refractivity contribution is 0.00529. The van der Waals surface area contributed by atoms with Crippen LogP contribution in [0.2, 0.25) is 0 Å². The summed E-state index contributed by atoms with van der Waals surface area (Å²) in [6.45, 7) is 9.24. The molecule has 2 rings (SSSR count). The summed E-state index contributed by atoms with van der Waals surface area (Å²) >= 11 is 1.65. The molecule has 1 atom stereocenters. The minimum Gasteiger partial charge on any atom is -0.375 e. The average molecular weight is 410 g/mol. The highest BCUT2D eigenvalue weighted by molar-refractivity contribution is 14.0. The number of morpholine rings is 1. The van der Waals surface area contributed by atoms with Crippen LogP contribution in [-0.2, 0) is 11.3 Å². The van der Waals surface area contributed by atoms with Gasteiger partial charge in [0.1, 0.15) is 5.01 Å². The summed E-state index contributed by atoms with van der Waals surface area (Å²) in [6, 6.07) is 0. The number of rotatable bonds is 3. The lowest BCUT2D eigenvalue weighted by Crippen LogP contribution is -2.47. The Balaban J connectivity index is 0.00000200. The van der Waals surface area contributed by atoms with Crippen LogP contribution in [0.5, 0.6) is 0 Å². The first-order chi connectivity index (χ1) is 9.06. The van der Waals surface area contributed by atoms with Gasteiger partial charge in [-0.2, -0.15) is 0 Å². The van der Waals surface area contributed by atoms with E-state index in [0.29, 0.717) is 25.0 Å². The highest BCUT2D eigenvalue weighted by atomic mass is 127. The van der Waals surface area contributed by atoms with Crippen LogP contribution in [0.25, 0.3) is 0 Å². The highest BCUT2D eigenvalue weighted by Gasteiger charge is 2.18. The number of halogens is 1. The second kappa shape index (κ2) is 8.14. The third kappa shape index (κ3) is 4.85. The van der Waals surface area contributed by atoms with E-state index in [9.17, 15) is 0 Å². The summed E-state index contributed by atoms with van der Waals surface area (Å²) < 4.78 is 5.49. The van der Waals surface area contributed by atoms with E-state index in [1.54, 1.807) is 11.3 Å². The van der Waals surface area contributed by atoms with E-state index < -0.39 is 0 Å². The van der Waals surface area contributed by atoms with Gasteiger partial charge in [-0.25, -0.2) is 9.98 Å². The van der Waals surface area contributed by atoms with Crippen molar-refractivity contribution in [2.24, 2.45) is 10.7 Å². The summed E-state index contributed by atoms with van der Waals surface area (Å²) in [4.78, 5) is 11.1. The first kappa shape index (κ1) is 17.6. The molecule has 2 heterocycles. The number of guanidine groups is 1. The normalized spacial score (nSPS) is 20.1. The summed E-state index contributed by atoms with van der Waals surface area (Å²) in [5.41, 5.74) is 7.16. The average Bonchev–Trinajstić information content (AvgIpc) is 2.85. The van der Waals surface area contributed by atoms with Gasteiger partial charge in [-0.3, -0.25) is 0 Å². The minimum absolute atomic E-state index is 0. The van der Waals surface area contributed by atoms with Gasteiger partial charge >= 0.3 is 0 Å². The number of nitrogens with zero attached hydrogens (tertiary/aromatic N) is 3. The van der Waals surface area contributed by atoms with Crippen molar-refractivity contribution in [3.8, 4) is 0 Å². The summed E-state index contributed by atoms with van der Waals surface area (Å²) in [5.74, 6) is 1.06. The van der Waals surface area contributed by atoms with Gasteiger partial charge in [0.25, 0.3) is 0 Å². The van der Waals surface area contributed by atoms with Crippen LogP contribution in [0.4, 0.5) is 0 Å². The molecule has 1 saturated heterocycles. The molecule has 1 aliphatic heterocycles. The van der Waals surface area contributed by atoms with Crippen molar-refractivity contribution in [3.63, 3.8) is 0 Å². The number of aliphatic imine (C=N–C) groups is 1. The number of hydrogen-bond donors (Lipinski definition) is 1. The Labute approximate surface area is 141 Å². The molecule has 1 fully saturated rings. The summed E-state index contributed by atoms with van der Waals surface area (Å²) in [7, 11) is 0. The van der Waals surface area contributed by atoms with Gasteiger partial charge in [0, 0.05) is 18.5 Å². The fraction of sp³-hybridized carbons (Fsp3) is 0.692. The molecule has 0 aliphatic carbocycles. The van der Waals surface area contributed by atoms with Crippen LogP contribution in [-0.4, -0.2) is 41.6 Å². The molecule has 0 aromatic carbocycles. The van der Waals surface area contributed by atoms with E-state index in [1.807, 2.05) is 0 Å². The Morgan fingerprint density at radius 1 is 1.65 bits per heavy atom. The molecular weight excluding hydrogens is 387 g/mol. The molecule has 1 aromatic heterocycles. The maximum atomic E-state index is 6.02. The molecule has 1 unspecified atom stereocenters. The Morgan fingerprint density at radius 2 is 2.40 bits per heavy atom. The first-order valence-electron chi connectivity index (χ1n) is 6.67. The zero-order valence-corrected chi connectivity index (χ0v) is 15.4. The molecule has 0 spiro atoms. The molecule has 1 aromatic rings. The quantitative estimate of drug-likeness (QED) is 0.472. The third-order valence-corrected chi connectivity index (χ3v) is 3.95. The lowest BCUT2D eigenvalue weighted by atomic mass is 10.2. The summed E-state index contributed by atoms with van der Waals surface area (Å²) in [6.07, 6.45) is 0.218. The molecule has 0 saturated carbocycles. The van der Waals surface area contributed by atoms with E-state index in [4.69, 9.17) is 10.5 Å². The topological polar surface area (TPSA) is 63.7 Å². The number of hydrogen-bond acceptors (Lipinski definition) is 4. The molecule has 20 heavy (non-hydrogen) atoms. The molecule has 5 nitrogen and oxygen atoms in total. The molecule has 7 heteroatoms. The number of ether oxygens (including phenoxy) is 1. The first-order valence-corrected chi connectivity index (χ1v) is 7.55. The van der Waals surface area contributed by atoms with Gasteiger partial charge in [-0.1, -0.05) is 13.8 Å². The number of thiazole rings is 1. The molecule has 0 amide bonds. The maximum Gasteiger partial charge on any atom is 0.191 e. The largest absolute Gasteiger partial charge is 0.375 e. The molecule has 0 bridgehead atoms. The molecule has 0 radical (unpaired) electrons. The zero-order valence-electron chi connectivity index (χ0n) is 12.2. The Bertz CT molecular complexity index is 449. The zero-order chi connectivity index (χ0) is 13.8. The molecular formula is C13H23IN4OS. The van der Waals surface area contributed by atoms with Gasteiger partial charge in [0.2, 0.25) is 0 Å². The van der Waals surface area contributed by atoms with Crippen LogP contribution < -0.4 is 5.73 Å². The predicted molar refractivity (Wildman–Crippen MR) is 93.9 cm³/mol. The standard InChI is InChI=1S/C13H22N4OS.HI/c1-9(2)11-8-19-12(16-11)6-15-13(14)17-4-5-18-10(3)7-17;/h8-10H,4-7H2,1-3H3,(H2,14,15);1H. The van der Waals surface area contributed by atoms with Gasteiger partial charge in [-0.15, -0.1) is 35.3 Å². The second-order valence-electron chi connectivity index (χ2n) is 5.12. The predicted octanol–water partition coefficient (Wildman–Crippen LogP) is 2.42. The minimum atomic E-state index is 0. The van der Waals surface area contributed by atoms with Crippen molar-refractivity contribution in [1.29, 1.82) is 0 Å². The molecule has 2 N–H and O–H groups in total. The second-order valence-corrected chi connectivity index (χ2v) is 6.07. The van der Waals surface area contributed by atoms with E-state index in [1.165, 1.54) is 0 Å². The van der Waals surface area contributed by atoms with Crippen molar-refractivity contribution < 1.29 is 4.74 Å². The maximum absolute atomic E-state index is 6.02. The SMILES string of the molecule is CC1CN(C(N)=NCc2nc(C(C)C)cs2)CCO1.I. The van der Waals surface area contributed by atoms with E-state index in [2.05, 4.69) is 41.0 Å². The van der Waals surface area contributed by atoms with Gasteiger partial charge in [-0.05, 0) is 12.8 Å². The van der Waals surface area contributed by atoms with Gasteiger partial charge in [0.05, 0.1) is 24.9 Å². The van der Waals surface area contributed by atoms with Crippen LogP contribution in [0.3, 0.4) is 0 Å². The van der Waals surface area contributed by atoms with Gasteiger partial charge < -0.3 is 15.4 Å². The Hall–Kier alpha value is -0.410. The summed E-state index contributed by atoms with van der Waals surface area (Å²) in [5, 5.41) is 3.12. The van der Waals surface area contributed by atoms with Crippen molar-refractivity contribution in [1.82, 2.24) is 9.88 Å². The highest BCUT2D eigenvalue weighted by Crippen LogP contribution is 2.18. The number of nitrogens with two attached hydrogens (primary N) is 1. The van der Waals surface area contributed by atoms with Crippen molar-refractivity contribution in [3.05, 3.63) is 16.1 Å².